The Morgan fingerprint density at radius 1 is 1.12 bits per heavy atom. The van der Waals surface area contributed by atoms with Gasteiger partial charge in [-0.3, -0.25) is 4.79 Å². The average molecular weight is 364 g/mol. The van der Waals surface area contributed by atoms with E-state index in [4.69, 9.17) is 0 Å². The lowest BCUT2D eigenvalue weighted by Gasteiger charge is -2.10. The minimum atomic E-state index is -0.277. The molecule has 1 aromatic carbocycles. The summed E-state index contributed by atoms with van der Waals surface area (Å²) in [4.78, 5) is 21.4. The molecule has 0 radical (unpaired) electrons. The molecule has 130 valence electrons. The SMILES string of the molecule is CC(C)n1cnnc1-c1cccc(NC(=O)c2nc3ccccc3s2)n1. The lowest BCUT2D eigenvalue weighted by Crippen LogP contribution is -2.13. The van der Waals surface area contributed by atoms with Gasteiger partial charge in [-0.2, -0.15) is 0 Å². The molecule has 0 saturated heterocycles. The van der Waals surface area contributed by atoms with E-state index in [0.29, 0.717) is 22.3 Å². The predicted octanol–water partition coefficient (Wildman–Crippen LogP) is 3.78. The summed E-state index contributed by atoms with van der Waals surface area (Å²) in [5.74, 6) is 0.835. The number of thiazole rings is 1. The topological polar surface area (TPSA) is 85.6 Å². The zero-order valence-electron chi connectivity index (χ0n) is 14.2. The molecule has 0 saturated carbocycles. The van der Waals surface area contributed by atoms with Gasteiger partial charge in [-0.05, 0) is 38.1 Å². The number of aromatic nitrogens is 5. The average Bonchev–Trinajstić information content (AvgIpc) is 3.29. The second kappa shape index (κ2) is 6.64. The van der Waals surface area contributed by atoms with Gasteiger partial charge in [0.25, 0.3) is 5.91 Å². The van der Waals surface area contributed by atoms with Gasteiger partial charge in [-0.1, -0.05) is 18.2 Å². The zero-order valence-corrected chi connectivity index (χ0v) is 15.1. The molecule has 0 fully saturated rings. The minimum absolute atomic E-state index is 0.211. The summed E-state index contributed by atoms with van der Waals surface area (Å²) in [6.45, 7) is 4.09. The monoisotopic (exact) mass is 364 g/mol. The molecule has 0 unspecified atom stereocenters. The van der Waals surface area contributed by atoms with Crippen molar-refractivity contribution in [2.24, 2.45) is 0 Å². The third-order valence-corrected chi connectivity index (χ3v) is 4.87. The third kappa shape index (κ3) is 3.06. The summed E-state index contributed by atoms with van der Waals surface area (Å²) in [6, 6.07) is 13.3. The van der Waals surface area contributed by atoms with Crippen molar-refractivity contribution in [2.45, 2.75) is 19.9 Å². The van der Waals surface area contributed by atoms with Crippen molar-refractivity contribution in [2.75, 3.05) is 5.32 Å². The van der Waals surface area contributed by atoms with Crippen molar-refractivity contribution in [3.63, 3.8) is 0 Å². The number of pyridine rings is 1. The molecule has 1 N–H and O–H groups in total. The molecule has 4 rings (SSSR count). The number of para-hydroxylation sites is 1. The summed E-state index contributed by atoms with van der Waals surface area (Å²) in [5, 5.41) is 11.3. The Hall–Kier alpha value is -3.13. The van der Waals surface area contributed by atoms with Crippen LogP contribution in [0.4, 0.5) is 5.82 Å². The molecule has 1 amide bonds. The first kappa shape index (κ1) is 16.3. The number of nitrogens with one attached hydrogen (secondary N) is 1. The molecule has 0 spiro atoms. The normalized spacial score (nSPS) is 11.2. The molecule has 3 aromatic heterocycles. The highest BCUT2D eigenvalue weighted by atomic mass is 32.1. The van der Waals surface area contributed by atoms with Crippen molar-refractivity contribution in [1.82, 2.24) is 24.7 Å². The fourth-order valence-electron chi connectivity index (χ4n) is 2.57. The lowest BCUT2D eigenvalue weighted by atomic mass is 10.3. The number of rotatable bonds is 4. The van der Waals surface area contributed by atoms with E-state index in [1.54, 1.807) is 12.4 Å². The Morgan fingerprint density at radius 3 is 2.77 bits per heavy atom. The molecule has 7 nitrogen and oxygen atoms in total. The van der Waals surface area contributed by atoms with Crippen LogP contribution in [0, 0.1) is 0 Å². The van der Waals surface area contributed by atoms with Gasteiger partial charge < -0.3 is 9.88 Å². The van der Waals surface area contributed by atoms with E-state index in [1.807, 2.05) is 54.8 Å². The van der Waals surface area contributed by atoms with Crippen LogP contribution in [0.5, 0.6) is 0 Å². The van der Waals surface area contributed by atoms with Crippen LogP contribution in [0.1, 0.15) is 29.7 Å². The van der Waals surface area contributed by atoms with E-state index in [-0.39, 0.29) is 11.9 Å². The highest BCUT2D eigenvalue weighted by Crippen LogP contribution is 2.23. The largest absolute Gasteiger partial charge is 0.310 e. The Balaban J connectivity index is 1.60. The van der Waals surface area contributed by atoms with Crippen LogP contribution in [0.25, 0.3) is 21.7 Å². The van der Waals surface area contributed by atoms with Gasteiger partial charge in [0.2, 0.25) is 0 Å². The van der Waals surface area contributed by atoms with E-state index < -0.39 is 0 Å². The van der Waals surface area contributed by atoms with Crippen LogP contribution in [0.2, 0.25) is 0 Å². The summed E-state index contributed by atoms with van der Waals surface area (Å²) in [5.41, 5.74) is 1.47. The molecule has 0 bridgehead atoms. The number of hydrogen-bond donors (Lipinski definition) is 1. The Morgan fingerprint density at radius 2 is 1.96 bits per heavy atom. The lowest BCUT2D eigenvalue weighted by molar-refractivity contribution is 0.102. The van der Waals surface area contributed by atoms with E-state index in [2.05, 4.69) is 25.5 Å². The molecular weight excluding hydrogens is 348 g/mol. The first-order valence-electron chi connectivity index (χ1n) is 8.15. The van der Waals surface area contributed by atoms with Crippen LogP contribution in [0.15, 0.2) is 48.8 Å². The summed E-state index contributed by atoms with van der Waals surface area (Å²) >= 11 is 1.36. The van der Waals surface area contributed by atoms with Crippen molar-refractivity contribution in [1.29, 1.82) is 0 Å². The zero-order chi connectivity index (χ0) is 18.1. The number of hydrogen-bond acceptors (Lipinski definition) is 6. The molecule has 0 aliphatic rings. The van der Waals surface area contributed by atoms with E-state index >= 15 is 0 Å². The first-order chi connectivity index (χ1) is 12.6. The van der Waals surface area contributed by atoms with Crippen LogP contribution in [0.3, 0.4) is 0 Å². The fourth-order valence-corrected chi connectivity index (χ4v) is 3.43. The molecule has 3 heterocycles. The number of anilines is 1. The van der Waals surface area contributed by atoms with Crippen molar-refractivity contribution < 1.29 is 4.79 Å². The van der Waals surface area contributed by atoms with Gasteiger partial charge in [-0.15, -0.1) is 21.5 Å². The van der Waals surface area contributed by atoms with Gasteiger partial charge in [0.15, 0.2) is 10.8 Å². The maximum Gasteiger partial charge on any atom is 0.285 e. The number of nitrogens with zero attached hydrogens (tertiary/aromatic N) is 5. The fraction of sp³-hybridized carbons (Fsp3) is 0.167. The van der Waals surface area contributed by atoms with Crippen LogP contribution >= 0.6 is 11.3 Å². The standard InChI is InChI=1S/C18H16N6OS/c1-11(2)24-10-19-23-16(24)13-7-5-9-15(20-13)22-17(25)18-21-12-6-3-4-8-14(12)26-18/h3-11H,1-2H3,(H,20,22,25). The summed E-state index contributed by atoms with van der Waals surface area (Å²) < 4.78 is 2.91. The molecule has 8 heteroatoms. The highest BCUT2D eigenvalue weighted by Gasteiger charge is 2.15. The molecule has 0 aliphatic carbocycles. The van der Waals surface area contributed by atoms with Gasteiger partial charge in [0, 0.05) is 6.04 Å². The second-order valence-corrected chi connectivity index (χ2v) is 7.04. The smallest absolute Gasteiger partial charge is 0.285 e. The van der Waals surface area contributed by atoms with Gasteiger partial charge in [-0.25, -0.2) is 9.97 Å². The summed E-state index contributed by atoms with van der Waals surface area (Å²) in [7, 11) is 0. The number of fused-ring (bicyclic) bond motifs is 1. The number of carbonyl (C=O) groups excluding carboxylic acids is 1. The van der Waals surface area contributed by atoms with E-state index in [9.17, 15) is 4.79 Å². The van der Waals surface area contributed by atoms with Crippen molar-refractivity contribution >= 4 is 33.3 Å². The Kier molecular flexibility index (Phi) is 4.18. The predicted molar refractivity (Wildman–Crippen MR) is 101 cm³/mol. The van der Waals surface area contributed by atoms with Crippen LogP contribution in [-0.4, -0.2) is 30.6 Å². The van der Waals surface area contributed by atoms with Crippen molar-refractivity contribution in [3.05, 3.63) is 53.8 Å². The van der Waals surface area contributed by atoms with E-state index in [1.165, 1.54) is 11.3 Å². The van der Waals surface area contributed by atoms with Crippen molar-refractivity contribution in [3.8, 4) is 11.5 Å². The Labute approximate surface area is 153 Å². The van der Waals surface area contributed by atoms with Crippen LogP contribution < -0.4 is 5.32 Å². The second-order valence-electron chi connectivity index (χ2n) is 6.00. The molecule has 26 heavy (non-hydrogen) atoms. The minimum Gasteiger partial charge on any atom is -0.310 e. The molecular formula is C18H16N6OS. The van der Waals surface area contributed by atoms with E-state index in [0.717, 1.165) is 10.2 Å². The van der Waals surface area contributed by atoms with Gasteiger partial charge in [0.05, 0.1) is 10.2 Å². The molecule has 4 aromatic rings. The summed E-state index contributed by atoms with van der Waals surface area (Å²) in [6.07, 6.45) is 1.67. The third-order valence-electron chi connectivity index (χ3n) is 3.84. The van der Waals surface area contributed by atoms with Crippen LogP contribution in [-0.2, 0) is 0 Å². The van der Waals surface area contributed by atoms with Gasteiger partial charge >= 0.3 is 0 Å². The maximum absolute atomic E-state index is 12.5. The molecule has 0 atom stereocenters. The number of carbonyl (C=O) groups is 1. The quantitative estimate of drug-likeness (QED) is 0.595. The Bertz CT molecular complexity index is 1050. The number of amides is 1. The van der Waals surface area contributed by atoms with Gasteiger partial charge in [0.1, 0.15) is 17.8 Å². The highest BCUT2D eigenvalue weighted by molar-refractivity contribution is 7.20. The molecule has 0 aliphatic heterocycles. The maximum atomic E-state index is 12.5. The first-order valence-corrected chi connectivity index (χ1v) is 8.97. The number of benzene rings is 1.